The maximum atomic E-state index is 12.9. The van der Waals surface area contributed by atoms with Crippen LogP contribution in [0.15, 0.2) is 45.7 Å². The van der Waals surface area contributed by atoms with Gasteiger partial charge in [-0.15, -0.1) is 10.2 Å². The largest absolute Gasteiger partial charge is 0.420 e. The molecule has 0 aliphatic carbocycles. The molecule has 0 atom stereocenters. The lowest BCUT2D eigenvalue weighted by Gasteiger charge is -2.02. The highest BCUT2D eigenvalue weighted by Crippen LogP contribution is 2.20. The van der Waals surface area contributed by atoms with E-state index in [0.717, 1.165) is 5.56 Å². The number of nitrogens with zero attached hydrogens (tertiary/aromatic N) is 3. The first-order valence-corrected chi connectivity index (χ1v) is 6.78. The molecule has 0 unspecified atom stereocenters. The summed E-state index contributed by atoms with van der Waals surface area (Å²) in [5.41, 5.74) is 1.95. The van der Waals surface area contributed by atoms with Gasteiger partial charge in [0.05, 0.1) is 6.42 Å². The zero-order valence-electron chi connectivity index (χ0n) is 12.2. The molecule has 2 aromatic heterocycles. The Morgan fingerprint density at radius 3 is 2.64 bits per heavy atom. The number of hydrogen-bond donors (Lipinski definition) is 0. The zero-order chi connectivity index (χ0) is 15.7. The van der Waals surface area contributed by atoms with Crippen LogP contribution in [0.25, 0.3) is 11.5 Å². The normalized spacial score (nSPS) is 10.9. The van der Waals surface area contributed by atoms with Crippen LogP contribution >= 0.6 is 0 Å². The molecule has 0 spiro atoms. The highest BCUT2D eigenvalue weighted by molar-refractivity contribution is 5.56. The number of halogens is 1. The quantitative estimate of drug-likeness (QED) is 0.745. The maximum Gasteiger partial charge on any atom is 0.253 e. The SMILES string of the molecule is Cc1c(-c2nnc(Cc3ccc(F)cc3)o2)ccn(C)c1=O. The fraction of sp³-hybridized carbons (Fsp3) is 0.188. The third-order valence-electron chi connectivity index (χ3n) is 3.48. The lowest BCUT2D eigenvalue weighted by atomic mass is 10.1. The van der Waals surface area contributed by atoms with E-state index >= 15 is 0 Å². The Morgan fingerprint density at radius 2 is 1.91 bits per heavy atom. The van der Waals surface area contributed by atoms with Crippen molar-refractivity contribution in [1.82, 2.24) is 14.8 Å². The molecule has 0 aliphatic rings. The van der Waals surface area contributed by atoms with Crippen molar-refractivity contribution >= 4 is 0 Å². The van der Waals surface area contributed by atoms with E-state index in [0.29, 0.717) is 29.3 Å². The van der Waals surface area contributed by atoms with Crippen LogP contribution in [-0.2, 0) is 13.5 Å². The summed E-state index contributed by atoms with van der Waals surface area (Å²) in [6.07, 6.45) is 2.08. The minimum atomic E-state index is -0.286. The molecule has 0 radical (unpaired) electrons. The van der Waals surface area contributed by atoms with Gasteiger partial charge in [0.25, 0.3) is 5.56 Å². The Kier molecular flexibility index (Phi) is 3.58. The van der Waals surface area contributed by atoms with E-state index < -0.39 is 0 Å². The summed E-state index contributed by atoms with van der Waals surface area (Å²) in [4.78, 5) is 11.9. The third kappa shape index (κ3) is 2.67. The number of aryl methyl sites for hydroxylation is 1. The first-order chi connectivity index (χ1) is 10.5. The second-order valence-electron chi connectivity index (χ2n) is 5.07. The van der Waals surface area contributed by atoms with Crippen molar-refractivity contribution in [2.45, 2.75) is 13.3 Å². The van der Waals surface area contributed by atoms with Gasteiger partial charge in [-0.1, -0.05) is 12.1 Å². The second-order valence-corrected chi connectivity index (χ2v) is 5.07. The summed E-state index contributed by atoms with van der Waals surface area (Å²) >= 11 is 0. The minimum Gasteiger partial charge on any atom is -0.420 e. The van der Waals surface area contributed by atoms with Crippen molar-refractivity contribution in [3.63, 3.8) is 0 Å². The first kappa shape index (κ1) is 14.2. The minimum absolute atomic E-state index is 0.101. The van der Waals surface area contributed by atoms with E-state index in [-0.39, 0.29) is 11.4 Å². The topological polar surface area (TPSA) is 60.9 Å². The molecule has 6 heteroatoms. The van der Waals surface area contributed by atoms with Gasteiger partial charge >= 0.3 is 0 Å². The highest BCUT2D eigenvalue weighted by Gasteiger charge is 2.13. The summed E-state index contributed by atoms with van der Waals surface area (Å²) in [6, 6.07) is 7.88. The van der Waals surface area contributed by atoms with Crippen LogP contribution in [0.5, 0.6) is 0 Å². The first-order valence-electron chi connectivity index (χ1n) is 6.78. The predicted molar refractivity (Wildman–Crippen MR) is 78.9 cm³/mol. The Labute approximate surface area is 126 Å². The van der Waals surface area contributed by atoms with E-state index in [2.05, 4.69) is 10.2 Å². The molecule has 3 rings (SSSR count). The van der Waals surface area contributed by atoms with Crippen LogP contribution in [0.1, 0.15) is 17.0 Å². The van der Waals surface area contributed by atoms with E-state index in [4.69, 9.17) is 4.42 Å². The number of aromatic nitrogens is 3. The summed E-state index contributed by atoms with van der Waals surface area (Å²) in [5.74, 6) is 0.444. The molecule has 0 N–H and O–H groups in total. The van der Waals surface area contributed by atoms with Crippen molar-refractivity contribution in [3.05, 3.63) is 69.7 Å². The van der Waals surface area contributed by atoms with Crippen LogP contribution in [0, 0.1) is 12.7 Å². The van der Waals surface area contributed by atoms with Gasteiger partial charge in [-0.2, -0.15) is 0 Å². The highest BCUT2D eigenvalue weighted by atomic mass is 19.1. The fourth-order valence-electron chi connectivity index (χ4n) is 2.20. The van der Waals surface area contributed by atoms with Gasteiger partial charge in [-0.05, 0) is 30.7 Å². The average Bonchev–Trinajstić information content (AvgIpc) is 2.96. The lowest BCUT2D eigenvalue weighted by Crippen LogP contribution is -2.18. The smallest absolute Gasteiger partial charge is 0.253 e. The second kappa shape index (κ2) is 5.55. The van der Waals surface area contributed by atoms with Gasteiger partial charge in [-0.3, -0.25) is 4.79 Å². The van der Waals surface area contributed by atoms with E-state index in [1.54, 1.807) is 38.4 Å². The summed E-state index contributed by atoms with van der Waals surface area (Å²) in [6.45, 7) is 1.72. The molecule has 0 saturated heterocycles. The van der Waals surface area contributed by atoms with E-state index in [1.165, 1.54) is 16.7 Å². The maximum absolute atomic E-state index is 12.9. The van der Waals surface area contributed by atoms with Crippen molar-refractivity contribution < 1.29 is 8.81 Å². The molecular weight excluding hydrogens is 285 g/mol. The monoisotopic (exact) mass is 299 g/mol. The van der Waals surface area contributed by atoms with E-state index in [1.807, 2.05) is 0 Å². The molecule has 112 valence electrons. The molecule has 0 bridgehead atoms. The lowest BCUT2D eigenvalue weighted by molar-refractivity contribution is 0.517. The van der Waals surface area contributed by atoms with Crippen molar-refractivity contribution in [1.29, 1.82) is 0 Å². The summed E-state index contributed by atoms with van der Waals surface area (Å²) in [5, 5.41) is 7.98. The van der Waals surface area contributed by atoms with Gasteiger partial charge in [0, 0.05) is 24.4 Å². The Bertz CT molecular complexity index is 866. The third-order valence-corrected chi connectivity index (χ3v) is 3.48. The number of benzene rings is 1. The Balaban J connectivity index is 1.89. The average molecular weight is 299 g/mol. The molecule has 22 heavy (non-hydrogen) atoms. The van der Waals surface area contributed by atoms with Crippen LogP contribution < -0.4 is 5.56 Å². The number of hydrogen-bond acceptors (Lipinski definition) is 4. The van der Waals surface area contributed by atoms with Gasteiger partial charge in [0.15, 0.2) is 0 Å². The van der Waals surface area contributed by atoms with Gasteiger partial charge < -0.3 is 8.98 Å². The molecule has 1 aromatic carbocycles. The molecule has 0 amide bonds. The van der Waals surface area contributed by atoms with Crippen molar-refractivity contribution in [2.24, 2.45) is 7.05 Å². The Hall–Kier alpha value is -2.76. The molecule has 5 nitrogen and oxygen atoms in total. The van der Waals surface area contributed by atoms with Crippen molar-refractivity contribution in [2.75, 3.05) is 0 Å². The fourth-order valence-corrected chi connectivity index (χ4v) is 2.20. The zero-order valence-corrected chi connectivity index (χ0v) is 12.2. The standard InChI is InChI=1S/C16H14FN3O2/c1-10-13(7-8-20(2)16(10)21)15-19-18-14(22-15)9-11-3-5-12(17)6-4-11/h3-8H,9H2,1-2H3. The number of rotatable bonds is 3. The van der Waals surface area contributed by atoms with Crippen LogP contribution in [0.3, 0.4) is 0 Å². The summed E-state index contributed by atoms with van der Waals surface area (Å²) < 4.78 is 20.0. The molecule has 2 heterocycles. The molecule has 0 aliphatic heterocycles. The van der Waals surface area contributed by atoms with Crippen LogP contribution in [-0.4, -0.2) is 14.8 Å². The van der Waals surface area contributed by atoms with Crippen molar-refractivity contribution in [3.8, 4) is 11.5 Å². The van der Waals surface area contributed by atoms with E-state index in [9.17, 15) is 9.18 Å². The van der Waals surface area contributed by atoms with Crippen LogP contribution in [0.2, 0.25) is 0 Å². The molecule has 0 fully saturated rings. The molecular formula is C16H14FN3O2. The van der Waals surface area contributed by atoms with Gasteiger partial charge in [0.1, 0.15) is 5.82 Å². The van der Waals surface area contributed by atoms with Crippen LogP contribution in [0.4, 0.5) is 4.39 Å². The van der Waals surface area contributed by atoms with Gasteiger partial charge in [-0.25, -0.2) is 4.39 Å². The summed E-state index contributed by atoms with van der Waals surface area (Å²) in [7, 11) is 1.69. The molecule has 0 saturated carbocycles. The van der Waals surface area contributed by atoms with Gasteiger partial charge in [0.2, 0.25) is 11.8 Å². The predicted octanol–water partition coefficient (Wildman–Crippen LogP) is 2.47. The molecule has 3 aromatic rings. The Morgan fingerprint density at radius 1 is 1.18 bits per heavy atom. The number of pyridine rings is 1.